The second-order valence-corrected chi connectivity index (χ2v) is 6.81. The van der Waals surface area contributed by atoms with Crippen molar-refractivity contribution >= 4 is 32.8 Å². The summed E-state index contributed by atoms with van der Waals surface area (Å²) in [4.78, 5) is 12.7. The van der Waals surface area contributed by atoms with Crippen LogP contribution >= 0.6 is 15.9 Å². The van der Waals surface area contributed by atoms with E-state index >= 15 is 0 Å². The van der Waals surface area contributed by atoms with Crippen molar-refractivity contribution in [3.8, 4) is 17.2 Å². The van der Waals surface area contributed by atoms with Crippen molar-refractivity contribution in [3.05, 3.63) is 51.7 Å². The minimum Gasteiger partial charge on any atom is -0.496 e. The molecular formula is C20H20BrNO5. The molecule has 7 heteroatoms. The minimum atomic E-state index is -0.306. The van der Waals surface area contributed by atoms with E-state index in [-0.39, 0.29) is 18.2 Å². The van der Waals surface area contributed by atoms with Crippen LogP contribution in [0.25, 0.3) is 11.0 Å². The fraction of sp³-hybridized carbons (Fsp3) is 0.250. The van der Waals surface area contributed by atoms with E-state index in [0.717, 1.165) is 15.4 Å². The first-order valence-corrected chi connectivity index (χ1v) is 9.03. The van der Waals surface area contributed by atoms with Crippen LogP contribution < -0.4 is 19.5 Å². The fourth-order valence-electron chi connectivity index (χ4n) is 2.91. The maximum absolute atomic E-state index is 12.7. The van der Waals surface area contributed by atoms with E-state index in [1.54, 1.807) is 33.5 Å². The summed E-state index contributed by atoms with van der Waals surface area (Å²) in [5.41, 5.74) is 2.17. The maximum atomic E-state index is 12.7. The average Bonchev–Trinajstić information content (AvgIpc) is 3.01. The standard InChI is InChI=1S/C20H20BrNO5/c1-11-14-7-12(21)5-6-16(14)27-19(11)20(23)22-10-15-17(25-3)8-13(24-2)9-18(15)26-4/h5-9H,10H2,1-4H3,(H,22,23). The van der Waals surface area contributed by atoms with Crippen molar-refractivity contribution < 1.29 is 23.4 Å². The zero-order valence-corrected chi connectivity index (χ0v) is 17.1. The van der Waals surface area contributed by atoms with Gasteiger partial charge in [0.15, 0.2) is 5.76 Å². The fourth-order valence-corrected chi connectivity index (χ4v) is 3.27. The van der Waals surface area contributed by atoms with Gasteiger partial charge in [0.05, 0.1) is 33.4 Å². The van der Waals surface area contributed by atoms with Crippen LogP contribution in [0.1, 0.15) is 21.7 Å². The topological polar surface area (TPSA) is 69.9 Å². The molecule has 0 saturated carbocycles. The molecule has 0 aliphatic heterocycles. The van der Waals surface area contributed by atoms with Crippen molar-refractivity contribution in [1.29, 1.82) is 0 Å². The Morgan fingerprint density at radius 3 is 2.33 bits per heavy atom. The molecule has 0 spiro atoms. The SMILES string of the molecule is COc1cc(OC)c(CNC(=O)c2oc3ccc(Br)cc3c2C)c(OC)c1. The van der Waals surface area contributed by atoms with Crippen LogP contribution in [0.4, 0.5) is 0 Å². The molecule has 3 aromatic rings. The summed E-state index contributed by atoms with van der Waals surface area (Å²) in [6.45, 7) is 2.08. The predicted molar refractivity (Wildman–Crippen MR) is 106 cm³/mol. The molecule has 1 amide bonds. The van der Waals surface area contributed by atoms with Gasteiger partial charge in [-0.1, -0.05) is 15.9 Å². The first kappa shape index (κ1) is 19.1. The second-order valence-electron chi connectivity index (χ2n) is 5.89. The zero-order valence-electron chi connectivity index (χ0n) is 15.5. The number of carbonyl (C=O) groups excluding carboxylic acids is 1. The number of hydrogen-bond acceptors (Lipinski definition) is 5. The van der Waals surface area contributed by atoms with E-state index in [4.69, 9.17) is 18.6 Å². The van der Waals surface area contributed by atoms with Crippen LogP contribution in [0.5, 0.6) is 17.2 Å². The number of aryl methyl sites for hydroxylation is 1. The summed E-state index contributed by atoms with van der Waals surface area (Å²) in [6, 6.07) is 9.13. The van der Waals surface area contributed by atoms with Crippen molar-refractivity contribution in [2.45, 2.75) is 13.5 Å². The molecule has 6 nitrogen and oxygen atoms in total. The lowest BCUT2D eigenvalue weighted by Crippen LogP contribution is -2.23. The Labute approximate surface area is 165 Å². The number of carbonyl (C=O) groups is 1. The van der Waals surface area contributed by atoms with Gasteiger partial charge in [-0.05, 0) is 25.1 Å². The molecule has 2 aromatic carbocycles. The van der Waals surface area contributed by atoms with Gasteiger partial charge < -0.3 is 23.9 Å². The molecule has 1 N–H and O–H groups in total. The third-order valence-electron chi connectivity index (χ3n) is 4.35. The number of methoxy groups -OCH3 is 3. The van der Waals surface area contributed by atoms with Gasteiger partial charge in [0.1, 0.15) is 22.8 Å². The van der Waals surface area contributed by atoms with Gasteiger partial charge in [-0.3, -0.25) is 4.79 Å². The first-order chi connectivity index (χ1) is 13.0. The van der Waals surface area contributed by atoms with E-state index in [0.29, 0.717) is 28.4 Å². The van der Waals surface area contributed by atoms with Gasteiger partial charge in [0, 0.05) is 27.6 Å². The van der Waals surface area contributed by atoms with Gasteiger partial charge >= 0.3 is 0 Å². The Morgan fingerprint density at radius 1 is 1.07 bits per heavy atom. The van der Waals surface area contributed by atoms with Crippen molar-refractivity contribution in [1.82, 2.24) is 5.32 Å². The Morgan fingerprint density at radius 2 is 1.74 bits per heavy atom. The highest BCUT2D eigenvalue weighted by molar-refractivity contribution is 9.10. The van der Waals surface area contributed by atoms with Crippen LogP contribution in [-0.2, 0) is 6.54 Å². The van der Waals surface area contributed by atoms with Crippen LogP contribution in [-0.4, -0.2) is 27.2 Å². The molecule has 1 heterocycles. The van der Waals surface area contributed by atoms with E-state index in [1.807, 2.05) is 25.1 Å². The van der Waals surface area contributed by atoms with Gasteiger partial charge in [-0.2, -0.15) is 0 Å². The van der Waals surface area contributed by atoms with E-state index in [9.17, 15) is 4.79 Å². The van der Waals surface area contributed by atoms with Gasteiger partial charge in [-0.15, -0.1) is 0 Å². The van der Waals surface area contributed by atoms with Crippen molar-refractivity contribution in [3.63, 3.8) is 0 Å². The number of furan rings is 1. The molecule has 0 saturated heterocycles. The van der Waals surface area contributed by atoms with Gasteiger partial charge in [0.25, 0.3) is 5.91 Å². The number of ether oxygens (including phenoxy) is 3. The molecule has 0 aliphatic rings. The number of halogens is 1. The van der Waals surface area contributed by atoms with Crippen LogP contribution in [0.15, 0.2) is 39.2 Å². The van der Waals surface area contributed by atoms with Crippen LogP contribution in [0, 0.1) is 6.92 Å². The maximum Gasteiger partial charge on any atom is 0.287 e. The normalized spacial score (nSPS) is 10.7. The number of nitrogens with one attached hydrogen (secondary N) is 1. The minimum absolute atomic E-state index is 0.218. The molecule has 0 bridgehead atoms. The predicted octanol–water partition coefficient (Wildman–Crippen LogP) is 4.46. The smallest absolute Gasteiger partial charge is 0.287 e. The molecule has 27 heavy (non-hydrogen) atoms. The molecule has 0 unspecified atom stereocenters. The molecular weight excluding hydrogens is 414 g/mol. The third-order valence-corrected chi connectivity index (χ3v) is 4.84. The highest BCUT2D eigenvalue weighted by Crippen LogP contribution is 2.34. The summed E-state index contributed by atoms with van der Waals surface area (Å²) in [5.74, 6) is 1.72. The highest BCUT2D eigenvalue weighted by Gasteiger charge is 2.20. The Hall–Kier alpha value is -2.67. The third kappa shape index (κ3) is 3.73. The van der Waals surface area contributed by atoms with Crippen molar-refractivity contribution in [2.75, 3.05) is 21.3 Å². The van der Waals surface area contributed by atoms with E-state index in [1.165, 1.54) is 0 Å². The monoisotopic (exact) mass is 433 g/mol. The molecule has 142 valence electrons. The number of benzene rings is 2. The first-order valence-electron chi connectivity index (χ1n) is 8.24. The van der Waals surface area contributed by atoms with Crippen molar-refractivity contribution in [2.24, 2.45) is 0 Å². The lowest BCUT2D eigenvalue weighted by molar-refractivity contribution is 0.0924. The number of amides is 1. The molecule has 0 atom stereocenters. The summed E-state index contributed by atoms with van der Waals surface area (Å²) >= 11 is 3.44. The van der Waals surface area contributed by atoms with Gasteiger partial charge in [-0.25, -0.2) is 0 Å². The summed E-state index contributed by atoms with van der Waals surface area (Å²) < 4.78 is 22.7. The lowest BCUT2D eigenvalue weighted by atomic mass is 10.1. The highest BCUT2D eigenvalue weighted by atomic mass is 79.9. The molecule has 0 fully saturated rings. The Kier molecular flexibility index (Phi) is 5.60. The summed E-state index contributed by atoms with van der Waals surface area (Å²) in [5, 5.41) is 3.77. The quantitative estimate of drug-likeness (QED) is 0.621. The second kappa shape index (κ2) is 7.92. The number of fused-ring (bicyclic) bond motifs is 1. The summed E-state index contributed by atoms with van der Waals surface area (Å²) in [7, 11) is 4.68. The van der Waals surface area contributed by atoms with Gasteiger partial charge in [0.2, 0.25) is 0 Å². The molecule has 1 aromatic heterocycles. The lowest BCUT2D eigenvalue weighted by Gasteiger charge is -2.15. The number of hydrogen-bond donors (Lipinski definition) is 1. The largest absolute Gasteiger partial charge is 0.496 e. The van der Waals surface area contributed by atoms with E-state index < -0.39 is 0 Å². The molecule has 0 radical (unpaired) electrons. The van der Waals surface area contributed by atoms with E-state index in [2.05, 4.69) is 21.2 Å². The van der Waals surface area contributed by atoms with Crippen LogP contribution in [0.3, 0.4) is 0 Å². The molecule has 0 aliphatic carbocycles. The van der Waals surface area contributed by atoms with Crippen LogP contribution in [0.2, 0.25) is 0 Å². The summed E-state index contributed by atoms with van der Waals surface area (Å²) in [6.07, 6.45) is 0. The average molecular weight is 434 g/mol. The zero-order chi connectivity index (χ0) is 19.6. The Balaban J connectivity index is 1.87. The Bertz CT molecular complexity index is 970. The molecule has 3 rings (SSSR count). The number of rotatable bonds is 6.